The molecule has 4 heteroatoms. The number of hydrogen-bond acceptors (Lipinski definition) is 4. The van der Waals surface area contributed by atoms with Crippen LogP contribution in [0.2, 0.25) is 0 Å². The number of rotatable bonds is 1. The van der Waals surface area contributed by atoms with Crippen LogP contribution >= 0.6 is 11.5 Å². The van der Waals surface area contributed by atoms with Crippen molar-refractivity contribution in [2.45, 2.75) is 51.2 Å². The van der Waals surface area contributed by atoms with Gasteiger partial charge in [0.1, 0.15) is 0 Å². The van der Waals surface area contributed by atoms with Crippen molar-refractivity contribution >= 4 is 11.5 Å². The fourth-order valence-electron chi connectivity index (χ4n) is 3.68. The first-order valence-corrected chi connectivity index (χ1v) is 7.67. The first kappa shape index (κ1) is 12.6. The highest BCUT2D eigenvalue weighted by molar-refractivity contribution is 7.05. The lowest BCUT2D eigenvalue weighted by atomic mass is 9.66. The third-order valence-corrected chi connectivity index (χ3v) is 5.15. The molecule has 1 aliphatic carbocycles. The van der Waals surface area contributed by atoms with E-state index in [1.54, 1.807) is 11.5 Å². The molecule has 1 spiro atoms. The molecule has 18 heavy (non-hydrogen) atoms. The molecule has 3 nitrogen and oxygen atoms in total. The van der Waals surface area contributed by atoms with Crippen LogP contribution in [-0.2, 0) is 4.74 Å². The van der Waals surface area contributed by atoms with Gasteiger partial charge in [-0.25, -0.2) is 4.37 Å². The van der Waals surface area contributed by atoms with E-state index in [0.717, 1.165) is 19.6 Å². The monoisotopic (exact) mass is 266 g/mol. The fourth-order valence-corrected chi connectivity index (χ4v) is 4.45. The average Bonchev–Trinajstić information content (AvgIpc) is 2.81. The van der Waals surface area contributed by atoms with Crippen molar-refractivity contribution in [3.8, 4) is 0 Å². The second-order valence-corrected chi connectivity index (χ2v) is 7.27. The standard InChI is InChI=1S/C14H22N2OS/c1-13(2)5-3-6-14(10-13)12(15-8-9-17-14)11-4-7-16-18-11/h4,7,12,15H,3,5-6,8-10H2,1-2H3. The van der Waals surface area contributed by atoms with Crippen molar-refractivity contribution in [1.82, 2.24) is 9.69 Å². The molecule has 0 amide bonds. The maximum atomic E-state index is 6.29. The molecular formula is C14H22N2OS. The minimum absolute atomic E-state index is 0.00741. The van der Waals surface area contributed by atoms with Gasteiger partial charge in [-0.2, -0.15) is 0 Å². The highest BCUT2D eigenvalue weighted by atomic mass is 32.1. The second kappa shape index (κ2) is 4.58. The maximum absolute atomic E-state index is 6.29. The molecule has 0 radical (unpaired) electrons. The van der Waals surface area contributed by atoms with Gasteiger partial charge >= 0.3 is 0 Å². The Kier molecular flexibility index (Phi) is 3.20. The summed E-state index contributed by atoms with van der Waals surface area (Å²) in [4.78, 5) is 1.33. The lowest BCUT2D eigenvalue weighted by Crippen LogP contribution is -2.55. The van der Waals surface area contributed by atoms with Gasteiger partial charge in [0.15, 0.2) is 0 Å². The maximum Gasteiger partial charge on any atom is 0.0890 e. The van der Waals surface area contributed by atoms with E-state index in [4.69, 9.17) is 4.74 Å². The van der Waals surface area contributed by atoms with E-state index in [1.165, 1.54) is 24.1 Å². The summed E-state index contributed by atoms with van der Waals surface area (Å²) >= 11 is 1.60. The molecule has 1 saturated carbocycles. The Bertz CT molecular complexity index is 400. The molecule has 0 aromatic carbocycles. The number of nitrogens with zero attached hydrogens (tertiary/aromatic N) is 1. The molecule has 2 aliphatic rings. The molecule has 2 unspecified atom stereocenters. The normalized spacial score (nSPS) is 35.8. The highest BCUT2D eigenvalue weighted by Crippen LogP contribution is 2.50. The van der Waals surface area contributed by atoms with Gasteiger partial charge < -0.3 is 10.1 Å². The topological polar surface area (TPSA) is 34.1 Å². The minimum Gasteiger partial charge on any atom is -0.372 e. The Balaban J connectivity index is 1.91. The summed E-state index contributed by atoms with van der Waals surface area (Å²) in [7, 11) is 0. The van der Waals surface area contributed by atoms with Crippen molar-refractivity contribution in [1.29, 1.82) is 0 Å². The average molecular weight is 266 g/mol. The van der Waals surface area contributed by atoms with E-state index in [2.05, 4.69) is 29.6 Å². The Morgan fingerprint density at radius 2 is 2.33 bits per heavy atom. The van der Waals surface area contributed by atoms with Crippen molar-refractivity contribution in [3.63, 3.8) is 0 Å². The van der Waals surface area contributed by atoms with E-state index in [0.29, 0.717) is 11.5 Å². The van der Waals surface area contributed by atoms with Gasteiger partial charge in [0.2, 0.25) is 0 Å². The van der Waals surface area contributed by atoms with E-state index in [1.807, 2.05) is 6.20 Å². The number of aromatic nitrogens is 1. The first-order valence-electron chi connectivity index (χ1n) is 6.89. The lowest BCUT2D eigenvalue weighted by Gasteiger charge is -2.51. The van der Waals surface area contributed by atoms with E-state index in [9.17, 15) is 0 Å². The van der Waals surface area contributed by atoms with Crippen LogP contribution < -0.4 is 5.32 Å². The fraction of sp³-hybridized carbons (Fsp3) is 0.786. The Hall–Kier alpha value is -0.450. The molecule has 2 fully saturated rings. The van der Waals surface area contributed by atoms with Gasteiger partial charge in [-0.1, -0.05) is 13.8 Å². The molecule has 1 aromatic rings. The van der Waals surface area contributed by atoms with E-state index < -0.39 is 0 Å². The molecular weight excluding hydrogens is 244 g/mol. The summed E-state index contributed by atoms with van der Waals surface area (Å²) < 4.78 is 10.6. The van der Waals surface area contributed by atoms with Gasteiger partial charge in [-0.3, -0.25) is 0 Å². The Labute approximate surface area is 113 Å². The summed E-state index contributed by atoms with van der Waals surface area (Å²) in [6.45, 7) is 6.53. The third-order valence-electron chi connectivity index (χ3n) is 4.34. The number of ether oxygens (including phenoxy) is 1. The molecule has 2 heterocycles. The Morgan fingerprint density at radius 3 is 3.06 bits per heavy atom. The van der Waals surface area contributed by atoms with Gasteiger partial charge in [0.05, 0.1) is 18.2 Å². The van der Waals surface area contributed by atoms with E-state index in [-0.39, 0.29) is 5.60 Å². The summed E-state index contributed by atoms with van der Waals surface area (Å²) in [5, 5.41) is 3.67. The zero-order valence-corrected chi connectivity index (χ0v) is 12.1. The van der Waals surface area contributed by atoms with Crippen LogP contribution in [0.3, 0.4) is 0 Å². The quantitative estimate of drug-likeness (QED) is 0.848. The third kappa shape index (κ3) is 2.22. The van der Waals surface area contributed by atoms with Crippen LogP contribution in [0.5, 0.6) is 0 Å². The van der Waals surface area contributed by atoms with Gasteiger partial charge in [-0.05, 0) is 48.7 Å². The van der Waals surface area contributed by atoms with Crippen LogP contribution in [0, 0.1) is 5.41 Å². The SMILES string of the molecule is CC1(C)CCCC2(C1)OCCNC2c1ccns1. The smallest absolute Gasteiger partial charge is 0.0890 e. The van der Waals surface area contributed by atoms with Crippen molar-refractivity contribution in [2.24, 2.45) is 5.41 Å². The molecule has 0 bridgehead atoms. The molecule has 1 aromatic heterocycles. The predicted octanol–water partition coefficient (Wildman–Crippen LogP) is 3.14. The summed E-state index contributed by atoms with van der Waals surface area (Å²) in [6, 6.07) is 2.47. The molecule has 1 N–H and O–H groups in total. The summed E-state index contributed by atoms with van der Waals surface area (Å²) in [6.07, 6.45) is 6.80. The van der Waals surface area contributed by atoms with Crippen LogP contribution in [0.4, 0.5) is 0 Å². The van der Waals surface area contributed by atoms with Crippen LogP contribution in [0.25, 0.3) is 0 Å². The zero-order chi connectivity index (χ0) is 12.6. The number of morpholine rings is 1. The van der Waals surface area contributed by atoms with Gasteiger partial charge in [0.25, 0.3) is 0 Å². The van der Waals surface area contributed by atoms with Crippen molar-refractivity contribution in [3.05, 3.63) is 17.1 Å². The minimum atomic E-state index is -0.00741. The van der Waals surface area contributed by atoms with Crippen molar-refractivity contribution in [2.75, 3.05) is 13.2 Å². The zero-order valence-electron chi connectivity index (χ0n) is 11.2. The molecule has 2 atom stereocenters. The second-order valence-electron chi connectivity index (χ2n) is 6.41. The molecule has 100 valence electrons. The summed E-state index contributed by atoms with van der Waals surface area (Å²) in [5.41, 5.74) is 0.382. The Morgan fingerprint density at radius 1 is 1.44 bits per heavy atom. The number of hydrogen-bond donors (Lipinski definition) is 1. The predicted molar refractivity (Wildman–Crippen MR) is 73.8 cm³/mol. The van der Waals surface area contributed by atoms with Gasteiger partial charge in [0, 0.05) is 17.6 Å². The highest BCUT2D eigenvalue weighted by Gasteiger charge is 2.48. The molecule has 1 aliphatic heterocycles. The van der Waals surface area contributed by atoms with Gasteiger partial charge in [-0.15, -0.1) is 0 Å². The number of nitrogens with one attached hydrogen (secondary N) is 1. The largest absolute Gasteiger partial charge is 0.372 e. The van der Waals surface area contributed by atoms with E-state index >= 15 is 0 Å². The molecule has 1 saturated heterocycles. The van der Waals surface area contributed by atoms with Crippen LogP contribution in [0.1, 0.15) is 50.4 Å². The van der Waals surface area contributed by atoms with Crippen LogP contribution in [0.15, 0.2) is 12.3 Å². The van der Waals surface area contributed by atoms with Crippen LogP contribution in [-0.4, -0.2) is 23.1 Å². The van der Waals surface area contributed by atoms with Crippen molar-refractivity contribution < 1.29 is 4.74 Å². The molecule has 3 rings (SSSR count). The first-order chi connectivity index (χ1) is 8.61. The summed E-state index contributed by atoms with van der Waals surface area (Å²) in [5.74, 6) is 0. The lowest BCUT2D eigenvalue weighted by molar-refractivity contribution is -0.140.